The van der Waals surface area contributed by atoms with E-state index in [0.717, 1.165) is 10.4 Å². The summed E-state index contributed by atoms with van der Waals surface area (Å²) >= 11 is 1.37. The largest absolute Gasteiger partial charge is 0.495 e. The third kappa shape index (κ3) is 3.23. The number of aryl methyl sites for hydroxylation is 1. The van der Waals surface area contributed by atoms with E-state index in [4.69, 9.17) is 4.74 Å². The predicted octanol–water partition coefficient (Wildman–Crippen LogP) is 3.37. The van der Waals surface area contributed by atoms with E-state index in [9.17, 15) is 9.59 Å². The molecule has 0 fully saturated rings. The number of aromatic nitrogens is 1. The summed E-state index contributed by atoms with van der Waals surface area (Å²) in [4.78, 5) is 25.4. The second kappa shape index (κ2) is 6.72. The average Bonchev–Trinajstić information content (AvgIpc) is 3.03. The molecule has 1 amide bonds. The summed E-state index contributed by atoms with van der Waals surface area (Å²) in [6.07, 6.45) is 1.58. The third-order valence-corrected chi connectivity index (χ3v) is 4.69. The zero-order valence-electron chi connectivity index (χ0n) is 13.3. The van der Waals surface area contributed by atoms with Gasteiger partial charge in [-0.05, 0) is 17.7 Å². The predicted molar refractivity (Wildman–Crippen MR) is 95.9 cm³/mol. The first-order chi connectivity index (χ1) is 11.6. The number of carbonyl (C=O) groups is 1. The van der Waals surface area contributed by atoms with Crippen LogP contribution in [0.3, 0.4) is 0 Å². The summed E-state index contributed by atoms with van der Waals surface area (Å²) in [5.41, 5.74) is 1.45. The van der Waals surface area contributed by atoms with Crippen LogP contribution in [0, 0.1) is 0 Å². The molecule has 2 heterocycles. The fourth-order valence-electron chi connectivity index (χ4n) is 2.28. The number of nitrogens with zero attached hydrogens (tertiary/aromatic N) is 1. The molecule has 0 saturated heterocycles. The summed E-state index contributed by atoms with van der Waals surface area (Å²) in [6, 6.07) is 14.7. The Morgan fingerprint density at radius 3 is 2.58 bits per heavy atom. The number of hydrogen-bond acceptors (Lipinski definition) is 4. The number of hydrogen-bond donors (Lipinski definition) is 1. The molecule has 24 heavy (non-hydrogen) atoms. The number of methoxy groups -OCH3 is 1. The lowest BCUT2D eigenvalue weighted by Gasteiger charge is -2.06. The van der Waals surface area contributed by atoms with Crippen molar-refractivity contribution >= 4 is 22.9 Å². The molecule has 0 bridgehead atoms. The Balaban J connectivity index is 1.90. The number of thiophene rings is 1. The van der Waals surface area contributed by atoms with E-state index in [2.05, 4.69) is 5.32 Å². The monoisotopic (exact) mass is 340 g/mol. The number of pyridine rings is 1. The van der Waals surface area contributed by atoms with Crippen molar-refractivity contribution in [1.82, 2.24) is 4.57 Å². The van der Waals surface area contributed by atoms with Gasteiger partial charge in [0.05, 0.1) is 12.8 Å². The van der Waals surface area contributed by atoms with E-state index in [0.29, 0.717) is 16.3 Å². The molecular formula is C18H16N2O3S. The fourth-order valence-corrected chi connectivity index (χ4v) is 3.31. The van der Waals surface area contributed by atoms with Gasteiger partial charge in [-0.3, -0.25) is 9.59 Å². The van der Waals surface area contributed by atoms with E-state index in [1.807, 2.05) is 36.4 Å². The molecular weight excluding hydrogens is 324 g/mol. The van der Waals surface area contributed by atoms with E-state index in [1.165, 1.54) is 22.0 Å². The van der Waals surface area contributed by atoms with Crippen molar-refractivity contribution in [3.63, 3.8) is 0 Å². The van der Waals surface area contributed by atoms with Crippen LogP contribution in [0.1, 0.15) is 9.67 Å². The number of anilines is 1. The van der Waals surface area contributed by atoms with Crippen molar-refractivity contribution in [2.24, 2.45) is 7.05 Å². The first kappa shape index (κ1) is 16.0. The third-order valence-electron chi connectivity index (χ3n) is 3.53. The lowest BCUT2D eigenvalue weighted by Crippen LogP contribution is -2.17. The summed E-state index contributed by atoms with van der Waals surface area (Å²) in [5.74, 6) is 0.263. The molecule has 1 N–H and O–H groups in total. The molecule has 0 aliphatic carbocycles. The van der Waals surface area contributed by atoms with Gasteiger partial charge in [0, 0.05) is 24.2 Å². The van der Waals surface area contributed by atoms with Gasteiger partial charge in [-0.25, -0.2) is 0 Å². The molecule has 6 heteroatoms. The highest BCUT2D eigenvalue weighted by molar-refractivity contribution is 7.17. The van der Waals surface area contributed by atoms with Crippen LogP contribution >= 0.6 is 11.3 Å². The van der Waals surface area contributed by atoms with Gasteiger partial charge < -0.3 is 14.6 Å². The van der Waals surface area contributed by atoms with Crippen molar-refractivity contribution in [2.75, 3.05) is 12.4 Å². The molecule has 3 rings (SSSR count). The van der Waals surface area contributed by atoms with Crippen LogP contribution in [-0.4, -0.2) is 17.6 Å². The van der Waals surface area contributed by atoms with Crippen LogP contribution in [0.4, 0.5) is 5.69 Å². The number of benzene rings is 1. The van der Waals surface area contributed by atoms with Crippen LogP contribution in [-0.2, 0) is 7.05 Å². The van der Waals surface area contributed by atoms with Crippen LogP contribution in [0.25, 0.3) is 10.4 Å². The van der Waals surface area contributed by atoms with Gasteiger partial charge in [0.2, 0.25) is 5.56 Å². The van der Waals surface area contributed by atoms with Crippen LogP contribution < -0.4 is 15.6 Å². The maximum atomic E-state index is 12.6. The smallest absolute Gasteiger partial charge is 0.269 e. The summed E-state index contributed by atoms with van der Waals surface area (Å²) < 4.78 is 6.76. The minimum absolute atomic E-state index is 0.131. The Labute approximate surface area is 143 Å². The lowest BCUT2D eigenvalue weighted by molar-refractivity contribution is 0.102. The van der Waals surface area contributed by atoms with Crippen molar-refractivity contribution in [1.29, 1.82) is 0 Å². The van der Waals surface area contributed by atoms with Gasteiger partial charge in [0.1, 0.15) is 10.6 Å². The molecule has 0 spiro atoms. The molecule has 0 unspecified atom stereocenters. The second-order valence-electron chi connectivity index (χ2n) is 5.20. The van der Waals surface area contributed by atoms with Crippen LogP contribution in [0.5, 0.6) is 5.75 Å². The Kier molecular flexibility index (Phi) is 4.48. The highest BCUT2D eigenvalue weighted by Gasteiger charge is 2.18. The van der Waals surface area contributed by atoms with E-state index >= 15 is 0 Å². The Morgan fingerprint density at radius 2 is 1.92 bits per heavy atom. The van der Waals surface area contributed by atoms with Gasteiger partial charge >= 0.3 is 0 Å². The van der Waals surface area contributed by atoms with E-state index < -0.39 is 0 Å². The van der Waals surface area contributed by atoms with Crippen molar-refractivity contribution in [3.8, 4) is 16.2 Å². The fraction of sp³-hybridized carbons (Fsp3) is 0.111. The first-order valence-corrected chi connectivity index (χ1v) is 8.11. The molecule has 0 aliphatic heterocycles. The summed E-state index contributed by atoms with van der Waals surface area (Å²) in [5, 5.41) is 2.80. The van der Waals surface area contributed by atoms with Gasteiger partial charge in [-0.1, -0.05) is 30.3 Å². The average molecular weight is 340 g/mol. The number of amides is 1. The minimum Gasteiger partial charge on any atom is -0.495 e. The van der Waals surface area contributed by atoms with Gasteiger partial charge in [-0.2, -0.15) is 0 Å². The number of nitrogens with one attached hydrogen (secondary N) is 1. The molecule has 1 aromatic carbocycles. The number of carbonyl (C=O) groups excluding carboxylic acids is 1. The molecule has 0 radical (unpaired) electrons. The SMILES string of the molecule is COc1cc(-c2ccccc2)sc1C(=O)Nc1ccc(=O)n(C)c1. The summed E-state index contributed by atoms with van der Waals surface area (Å²) in [6.45, 7) is 0. The minimum atomic E-state index is -0.266. The normalized spacial score (nSPS) is 10.4. The molecule has 0 saturated carbocycles. The zero-order valence-corrected chi connectivity index (χ0v) is 14.1. The Bertz CT molecular complexity index is 929. The molecule has 122 valence electrons. The van der Waals surface area contributed by atoms with E-state index in [-0.39, 0.29) is 11.5 Å². The van der Waals surface area contributed by atoms with Crippen molar-refractivity contribution in [3.05, 3.63) is 70.0 Å². The molecule has 3 aromatic rings. The van der Waals surface area contributed by atoms with Crippen LogP contribution in [0.15, 0.2) is 59.5 Å². The maximum Gasteiger partial charge on any atom is 0.269 e. The Hall–Kier alpha value is -2.86. The van der Waals surface area contributed by atoms with Crippen LogP contribution in [0.2, 0.25) is 0 Å². The highest BCUT2D eigenvalue weighted by Crippen LogP contribution is 2.36. The van der Waals surface area contributed by atoms with Gasteiger partial charge in [-0.15, -0.1) is 11.3 Å². The quantitative estimate of drug-likeness (QED) is 0.792. The molecule has 2 aromatic heterocycles. The number of ether oxygens (including phenoxy) is 1. The summed E-state index contributed by atoms with van der Waals surface area (Å²) in [7, 11) is 3.18. The van der Waals surface area contributed by atoms with Crippen molar-refractivity contribution < 1.29 is 9.53 Å². The van der Waals surface area contributed by atoms with Gasteiger partial charge in [0.15, 0.2) is 0 Å². The standard InChI is InChI=1S/C18H16N2O3S/c1-20-11-13(8-9-16(20)21)19-18(22)17-14(23-2)10-15(24-17)12-6-4-3-5-7-12/h3-11H,1-2H3,(H,19,22). The second-order valence-corrected chi connectivity index (χ2v) is 6.25. The highest BCUT2D eigenvalue weighted by atomic mass is 32.1. The lowest BCUT2D eigenvalue weighted by atomic mass is 10.2. The first-order valence-electron chi connectivity index (χ1n) is 7.30. The van der Waals surface area contributed by atoms with Gasteiger partial charge in [0.25, 0.3) is 5.91 Å². The van der Waals surface area contributed by atoms with E-state index in [1.54, 1.807) is 26.4 Å². The van der Waals surface area contributed by atoms with Crippen molar-refractivity contribution in [2.45, 2.75) is 0 Å². The molecule has 0 atom stereocenters. The zero-order chi connectivity index (χ0) is 17.1. The topological polar surface area (TPSA) is 60.3 Å². The molecule has 5 nitrogen and oxygen atoms in total. The maximum absolute atomic E-state index is 12.6. The Morgan fingerprint density at radius 1 is 1.17 bits per heavy atom. The number of rotatable bonds is 4. The molecule has 0 aliphatic rings.